The zero-order chi connectivity index (χ0) is 13.2. The van der Waals surface area contributed by atoms with Crippen molar-refractivity contribution in [2.75, 3.05) is 5.75 Å². The first-order valence-electron chi connectivity index (χ1n) is 4.66. The molecule has 0 aliphatic rings. The zero-order valence-corrected chi connectivity index (χ0v) is 9.92. The van der Waals surface area contributed by atoms with E-state index in [1.165, 1.54) is 13.0 Å². The van der Waals surface area contributed by atoms with Crippen LogP contribution in [0.15, 0.2) is 29.7 Å². The standard InChI is InChI=1S/C11H11FO4S/c1-3-4-17(15,16)10-6-8(11(13)14)5-9(12)7(10)2/h3,5-6H,1,4H2,2H3,(H,13,14). The Bertz CT molecular complexity index is 575. The molecule has 0 amide bonds. The molecule has 17 heavy (non-hydrogen) atoms. The van der Waals surface area contributed by atoms with Gasteiger partial charge in [-0.05, 0) is 19.1 Å². The molecule has 0 atom stereocenters. The van der Waals surface area contributed by atoms with Crippen LogP contribution in [0.4, 0.5) is 4.39 Å². The summed E-state index contributed by atoms with van der Waals surface area (Å²) in [5, 5.41) is 8.74. The van der Waals surface area contributed by atoms with Crippen molar-refractivity contribution >= 4 is 15.8 Å². The van der Waals surface area contributed by atoms with E-state index in [1.54, 1.807) is 0 Å². The Hall–Kier alpha value is -1.69. The normalized spacial score (nSPS) is 11.2. The summed E-state index contributed by atoms with van der Waals surface area (Å²) in [6.07, 6.45) is 1.17. The summed E-state index contributed by atoms with van der Waals surface area (Å²) in [5.74, 6) is -2.59. The van der Waals surface area contributed by atoms with Crippen LogP contribution in [0.3, 0.4) is 0 Å². The molecule has 0 radical (unpaired) electrons. The van der Waals surface area contributed by atoms with E-state index in [2.05, 4.69) is 6.58 Å². The Morgan fingerprint density at radius 1 is 1.53 bits per heavy atom. The Balaban J connectivity index is 3.53. The fraction of sp³-hybridized carbons (Fsp3) is 0.182. The Kier molecular flexibility index (Phi) is 3.67. The maximum atomic E-state index is 13.4. The summed E-state index contributed by atoms with van der Waals surface area (Å²) >= 11 is 0. The second-order valence-electron chi connectivity index (χ2n) is 3.46. The highest BCUT2D eigenvalue weighted by Crippen LogP contribution is 2.22. The van der Waals surface area contributed by atoms with E-state index < -0.39 is 27.2 Å². The predicted molar refractivity (Wildman–Crippen MR) is 60.3 cm³/mol. The van der Waals surface area contributed by atoms with Crippen LogP contribution in [0.2, 0.25) is 0 Å². The topological polar surface area (TPSA) is 71.4 Å². The molecule has 6 heteroatoms. The summed E-state index contributed by atoms with van der Waals surface area (Å²) in [6, 6.07) is 1.75. The maximum Gasteiger partial charge on any atom is 0.335 e. The minimum absolute atomic E-state index is 0.0862. The largest absolute Gasteiger partial charge is 0.478 e. The van der Waals surface area contributed by atoms with Crippen LogP contribution in [0, 0.1) is 12.7 Å². The van der Waals surface area contributed by atoms with Gasteiger partial charge in [0.05, 0.1) is 16.2 Å². The van der Waals surface area contributed by atoms with Gasteiger partial charge in [-0.15, -0.1) is 6.58 Å². The minimum Gasteiger partial charge on any atom is -0.478 e. The third-order valence-electron chi connectivity index (χ3n) is 2.22. The van der Waals surface area contributed by atoms with Crippen LogP contribution in [0.1, 0.15) is 15.9 Å². The number of carbonyl (C=O) groups is 1. The quantitative estimate of drug-likeness (QED) is 0.836. The fourth-order valence-electron chi connectivity index (χ4n) is 1.35. The van der Waals surface area contributed by atoms with Gasteiger partial charge in [-0.2, -0.15) is 0 Å². The van der Waals surface area contributed by atoms with E-state index in [0.29, 0.717) is 0 Å². The minimum atomic E-state index is -3.74. The summed E-state index contributed by atoms with van der Waals surface area (Å²) in [7, 11) is -3.74. The summed E-state index contributed by atoms with van der Waals surface area (Å²) in [5.41, 5.74) is -0.479. The van der Waals surface area contributed by atoms with Gasteiger partial charge in [-0.1, -0.05) is 6.08 Å². The summed E-state index contributed by atoms with van der Waals surface area (Å²) in [6.45, 7) is 4.58. The number of hydrogen-bond acceptors (Lipinski definition) is 3. The van der Waals surface area contributed by atoms with Crippen molar-refractivity contribution in [2.24, 2.45) is 0 Å². The second-order valence-corrected chi connectivity index (χ2v) is 5.46. The lowest BCUT2D eigenvalue weighted by atomic mass is 10.1. The molecular formula is C11H11FO4S. The summed E-state index contributed by atoms with van der Waals surface area (Å²) in [4.78, 5) is 10.4. The molecule has 1 N–H and O–H groups in total. The first-order valence-corrected chi connectivity index (χ1v) is 6.32. The SMILES string of the molecule is C=CCS(=O)(=O)c1cc(C(=O)O)cc(F)c1C. The van der Waals surface area contributed by atoms with Crippen molar-refractivity contribution in [3.05, 3.63) is 41.7 Å². The van der Waals surface area contributed by atoms with Gasteiger partial charge in [0.25, 0.3) is 0 Å². The molecule has 0 saturated carbocycles. The number of carboxylic acids is 1. The van der Waals surface area contributed by atoms with Crippen molar-refractivity contribution in [3.63, 3.8) is 0 Å². The number of benzene rings is 1. The molecule has 0 aromatic heterocycles. The highest BCUT2D eigenvalue weighted by Gasteiger charge is 2.20. The molecule has 0 aliphatic carbocycles. The van der Waals surface area contributed by atoms with Crippen LogP contribution < -0.4 is 0 Å². The molecule has 0 saturated heterocycles. The van der Waals surface area contributed by atoms with Crippen molar-refractivity contribution < 1.29 is 22.7 Å². The van der Waals surface area contributed by atoms with Crippen molar-refractivity contribution in [3.8, 4) is 0 Å². The van der Waals surface area contributed by atoms with Gasteiger partial charge in [-0.3, -0.25) is 0 Å². The molecular weight excluding hydrogens is 247 g/mol. The smallest absolute Gasteiger partial charge is 0.335 e. The second kappa shape index (κ2) is 4.67. The Morgan fingerprint density at radius 3 is 2.59 bits per heavy atom. The van der Waals surface area contributed by atoms with E-state index in [0.717, 1.165) is 12.1 Å². The number of carboxylic acid groups (broad SMARTS) is 1. The van der Waals surface area contributed by atoms with Crippen molar-refractivity contribution in [2.45, 2.75) is 11.8 Å². The van der Waals surface area contributed by atoms with Crippen LogP contribution in [0.25, 0.3) is 0 Å². The van der Waals surface area contributed by atoms with Gasteiger partial charge in [0.2, 0.25) is 0 Å². The van der Waals surface area contributed by atoms with Gasteiger partial charge >= 0.3 is 5.97 Å². The number of hydrogen-bond donors (Lipinski definition) is 1. The predicted octanol–water partition coefficient (Wildman–Crippen LogP) is 1.79. The third-order valence-corrected chi connectivity index (χ3v) is 3.98. The van der Waals surface area contributed by atoms with E-state index in [1.807, 2.05) is 0 Å². The molecule has 4 nitrogen and oxygen atoms in total. The molecule has 0 unspecified atom stereocenters. The number of halogens is 1. The van der Waals surface area contributed by atoms with Gasteiger partial charge < -0.3 is 5.11 Å². The van der Waals surface area contributed by atoms with E-state index in [-0.39, 0.29) is 16.2 Å². The highest BCUT2D eigenvalue weighted by atomic mass is 32.2. The number of aromatic carboxylic acids is 1. The molecule has 1 aromatic rings. The zero-order valence-electron chi connectivity index (χ0n) is 9.10. The van der Waals surface area contributed by atoms with Crippen LogP contribution in [-0.4, -0.2) is 25.2 Å². The monoisotopic (exact) mass is 258 g/mol. The molecule has 0 aliphatic heterocycles. The van der Waals surface area contributed by atoms with Crippen LogP contribution >= 0.6 is 0 Å². The van der Waals surface area contributed by atoms with Gasteiger partial charge in [0, 0.05) is 5.56 Å². The lowest BCUT2D eigenvalue weighted by Crippen LogP contribution is -2.10. The molecule has 0 bridgehead atoms. The number of rotatable bonds is 4. The molecule has 0 heterocycles. The van der Waals surface area contributed by atoms with Gasteiger partial charge in [-0.25, -0.2) is 17.6 Å². The van der Waals surface area contributed by atoms with E-state index >= 15 is 0 Å². The highest BCUT2D eigenvalue weighted by molar-refractivity contribution is 7.91. The third kappa shape index (κ3) is 2.71. The van der Waals surface area contributed by atoms with Crippen LogP contribution in [0.5, 0.6) is 0 Å². The first kappa shape index (κ1) is 13.4. The van der Waals surface area contributed by atoms with Crippen LogP contribution in [-0.2, 0) is 9.84 Å². The lowest BCUT2D eigenvalue weighted by molar-refractivity contribution is 0.0696. The maximum absolute atomic E-state index is 13.4. The Morgan fingerprint density at radius 2 is 2.12 bits per heavy atom. The average molecular weight is 258 g/mol. The molecule has 92 valence electrons. The average Bonchev–Trinajstić information content (AvgIpc) is 2.21. The first-order chi connectivity index (χ1) is 7.79. The fourth-order valence-corrected chi connectivity index (χ4v) is 2.71. The van der Waals surface area contributed by atoms with Crippen molar-refractivity contribution in [1.82, 2.24) is 0 Å². The summed E-state index contributed by atoms with van der Waals surface area (Å²) < 4.78 is 36.9. The molecule has 1 aromatic carbocycles. The molecule has 0 fully saturated rings. The van der Waals surface area contributed by atoms with Gasteiger partial charge in [0.15, 0.2) is 9.84 Å². The van der Waals surface area contributed by atoms with Gasteiger partial charge in [0.1, 0.15) is 5.82 Å². The lowest BCUT2D eigenvalue weighted by Gasteiger charge is -2.08. The molecule has 1 rings (SSSR count). The number of sulfone groups is 1. The molecule has 0 spiro atoms. The Labute approximate surface area is 98.3 Å². The van der Waals surface area contributed by atoms with E-state index in [9.17, 15) is 17.6 Å². The van der Waals surface area contributed by atoms with E-state index in [4.69, 9.17) is 5.11 Å². The van der Waals surface area contributed by atoms with Crippen molar-refractivity contribution in [1.29, 1.82) is 0 Å².